The molecule has 3 rings (SSSR count). The summed E-state index contributed by atoms with van der Waals surface area (Å²) in [4.78, 5) is 13.0. The molecule has 1 heterocycles. The molecule has 1 aromatic carbocycles. The third-order valence-electron chi connectivity index (χ3n) is 6.32. The van der Waals surface area contributed by atoms with Crippen LogP contribution in [-0.2, 0) is 17.6 Å². The minimum absolute atomic E-state index is 0.0253. The number of carbonyl (C=O) groups is 1. The van der Waals surface area contributed by atoms with E-state index in [2.05, 4.69) is 60.7 Å². The van der Waals surface area contributed by atoms with Crippen LogP contribution in [0.3, 0.4) is 0 Å². The van der Waals surface area contributed by atoms with E-state index in [1.807, 2.05) is 0 Å². The van der Waals surface area contributed by atoms with Crippen molar-refractivity contribution in [3.05, 3.63) is 46.5 Å². The van der Waals surface area contributed by atoms with Crippen LogP contribution >= 0.6 is 0 Å². The summed E-state index contributed by atoms with van der Waals surface area (Å²) in [5, 5.41) is 18.6. The summed E-state index contributed by atoms with van der Waals surface area (Å²) in [5.41, 5.74) is 3.50. The van der Waals surface area contributed by atoms with E-state index in [0.29, 0.717) is 31.2 Å². The third-order valence-corrected chi connectivity index (χ3v) is 6.32. The molecule has 2 aromatic rings. The number of nitrogens with zero attached hydrogens (tertiary/aromatic N) is 3. The fourth-order valence-electron chi connectivity index (χ4n) is 4.45. The fraction of sp³-hybridized carbons (Fsp3) is 0.654. The number of aliphatic hydroxyl groups excluding tert-OH is 1. The number of aryl methyl sites for hydroxylation is 3. The topological polar surface area (TPSA) is 68.0 Å². The number of ketones is 1. The first-order valence-corrected chi connectivity index (χ1v) is 12.0. The summed E-state index contributed by atoms with van der Waals surface area (Å²) >= 11 is 0. The van der Waals surface area contributed by atoms with E-state index in [0.717, 1.165) is 36.5 Å². The first kappa shape index (κ1) is 23.6. The van der Waals surface area contributed by atoms with Crippen LogP contribution in [0.2, 0.25) is 0 Å². The van der Waals surface area contributed by atoms with Crippen LogP contribution in [0.15, 0.2) is 18.2 Å². The van der Waals surface area contributed by atoms with Crippen molar-refractivity contribution in [3.63, 3.8) is 0 Å². The van der Waals surface area contributed by atoms with Crippen molar-refractivity contribution in [1.82, 2.24) is 14.8 Å². The highest BCUT2D eigenvalue weighted by molar-refractivity contribution is 5.82. The van der Waals surface area contributed by atoms with Crippen molar-refractivity contribution in [2.24, 2.45) is 5.92 Å². The molecule has 1 aromatic heterocycles. The molecule has 5 nitrogen and oxygen atoms in total. The molecule has 0 bridgehead atoms. The minimum Gasteiger partial charge on any atom is -0.396 e. The smallest absolute Gasteiger partial charge is 0.138 e. The fourth-order valence-corrected chi connectivity index (χ4v) is 4.45. The highest BCUT2D eigenvalue weighted by Gasteiger charge is 2.32. The second-order valence-corrected chi connectivity index (χ2v) is 9.77. The van der Waals surface area contributed by atoms with Gasteiger partial charge in [-0.1, -0.05) is 44.0 Å². The predicted octanol–water partition coefficient (Wildman–Crippen LogP) is 5.27. The molecule has 0 amide bonds. The summed E-state index contributed by atoms with van der Waals surface area (Å²) in [7, 11) is 0. The first-order valence-electron chi connectivity index (χ1n) is 12.0. The van der Waals surface area contributed by atoms with Gasteiger partial charge in [-0.25, -0.2) is 0 Å². The lowest BCUT2D eigenvalue weighted by Gasteiger charge is -2.18. The van der Waals surface area contributed by atoms with Gasteiger partial charge in [-0.3, -0.25) is 4.79 Å². The van der Waals surface area contributed by atoms with E-state index in [1.54, 1.807) is 0 Å². The van der Waals surface area contributed by atoms with Crippen molar-refractivity contribution in [3.8, 4) is 0 Å². The van der Waals surface area contributed by atoms with Gasteiger partial charge in [0.05, 0.1) is 0 Å². The Kier molecular flexibility index (Phi) is 8.42. The molecule has 1 N–H and O–H groups in total. The lowest BCUT2D eigenvalue weighted by Crippen LogP contribution is -2.16. The highest BCUT2D eigenvalue weighted by atomic mass is 16.2. The van der Waals surface area contributed by atoms with E-state index in [4.69, 9.17) is 0 Å². The number of hydrogen-bond donors (Lipinski definition) is 1. The number of benzene rings is 1. The Labute approximate surface area is 187 Å². The van der Waals surface area contributed by atoms with Gasteiger partial charge in [0, 0.05) is 37.8 Å². The summed E-state index contributed by atoms with van der Waals surface area (Å²) < 4.78 is 2.34. The van der Waals surface area contributed by atoms with Gasteiger partial charge in [0.25, 0.3) is 0 Å². The molecule has 0 saturated heterocycles. The highest BCUT2D eigenvalue weighted by Crippen LogP contribution is 2.39. The Morgan fingerprint density at radius 1 is 1.16 bits per heavy atom. The summed E-state index contributed by atoms with van der Waals surface area (Å²) in [6, 6.07) is 6.78. The zero-order valence-corrected chi connectivity index (χ0v) is 19.7. The van der Waals surface area contributed by atoms with Crippen LogP contribution in [-0.4, -0.2) is 32.3 Å². The van der Waals surface area contributed by atoms with Crippen molar-refractivity contribution in [1.29, 1.82) is 0 Å². The lowest BCUT2D eigenvalue weighted by molar-refractivity contribution is -0.118. The molecule has 0 spiro atoms. The van der Waals surface area contributed by atoms with E-state index in [1.165, 1.54) is 30.4 Å². The number of aromatic nitrogens is 3. The van der Waals surface area contributed by atoms with Gasteiger partial charge in [-0.05, 0) is 63.0 Å². The molecule has 1 unspecified atom stereocenters. The van der Waals surface area contributed by atoms with Crippen LogP contribution in [0, 0.1) is 19.8 Å². The van der Waals surface area contributed by atoms with Gasteiger partial charge >= 0.3 is 0 Å². The van der Waals surface area contributed by atoms with E-state index in [-0.39, 0.29) is 18.3 Å². The number of carbonyl (C=O) groups excluding carboxylic acids is 1. The molecular formula is C26H39N3O2. The van der Waals surface area contributed by atoms with Gasteiger partial charge in [0.2, 0.25) is 0 Å². The molecule has 1 saturated carbocycles. The predicted molar refractivity (Wildman–Crippen MR) is 124 cm³/mol. The Bertz CT molecular complexity index is 868. The maximum atomic E-state index is 13.0. The molecule has 5 heteroatoms. The molecule has 0 aliphatic heterocycles. The lowest BCUT2D eigenvalue weighted by atomic mass is 9.92. The SMILES string of the molecule is Cc1ccc(CC(=O)CC(CCCO)c2nnc(CCCC(C)C)n2C2CC2)c(C)c1. The summed E-state index contributed by atoms with van der Waals surface area (Å²) in [5.74, 6) is 2.99. The Hall–Kier alpha value is -2.01. The average Bonchev–Trinajstić information content (AvgIpc) is 3.47. The van der Waals surface area contributed by atoms with Gasteiger partial charge in [-0.15, -0.1) is 10.2 Å². The molecule has 1 aliphatic rings. The molecular weight excluding hydrogens is 386 g/mol. The Balaban J connectivity index is 1.75. The van der Waals surface area contributed by atoms with Crippen LogP contribution in [0.4, 0.5) is 0 Å². The van der Waals surface area contributed by atoms with Crippen molar-refractivity contribution in [2.45, 2.75) is 97.4 Å². The Morgan fingerprint density at radius 3 is 2.58 bits per heavy atom. The third kappa shape index (κ3) is 6.73. The van der Waals surface area contributed by atoms with Crippen molar-refractivity contribution < 1.29 is 9.90 Å². The molecule has 0 radical (unpaired) electrons. The van der Waals surface area contributed by atoms with Crippen molar-refractivity contribution >= 4 is 5.78 Å². The Morgan fingerprint density at radius 2 is 1.94 bits per heavy atom. The zero-order valence-electron chi connectivity index (χ0n) is 19.7. The van der Waals surface area contributed by atoms with Gasteiger partial charge in [0.15, 0.2) is 0 Å². The van der Waals surface area contributed by atoms with Crippen LogP contribution in [0.1, 0.15) is 99.1 Å². The van der Waals surface area contributed by atoms with Crippen LogP contribution < -0.4 is 0 Å². The average molecular weight is 426 g/mol. The zero-order chi connectivity index (χ0) is 22.4. The summed E-state index contributed by atoms with van der Waals surface area (Å²) in [6.07, 6.45) is 7.98. The van der Waals surface area contributed by atoms with Gasteiger partial charge in [0.1, 0.15) is 17.4 Å². The van der Waals surface area contributed by atoms with E-state index < -0.39 is 0 Å². The number of aliphatic hydroxyl groups is 1. The van der Waals surface area contributed by atoms with Crippen LogP contribution in [0.25, 0.3) is 0 Å². The standard InChI is InChI=1S/C26H39N3O2/c1-18(2)7-5-9-25-27-28-26(29(25)23-12-13-23)22(8-6-14-30)17-24(31)16-21-11-10-19(3)15-20(21)4/h10-11,15,18,22-23,30H,5-9,12-14,16-17H2,1-4H3. The molecule has 1 atom stereocenters. The maximum Gasteiger partial charge on any atom is 0.138 e. The first-order chi connectivity index (χ1) is 14.9. The molecule has 170 valence electrons. The normalized spacial score (nSPS) is 14.9. The largest absolute Gasteiger partial charge is 0.396 e. The quantitative estimate of drug-likeness (QED) is 0.475. The summed E-state index contributed by atoms with van der Waals surface area (Å²) in [6.45, 7) is 8.80. The number of hydrogen-bond acceptors (Lipinski definition) is 4. The number of Topliss-reactive ketones (excluding diaryl/α,β-unsaturated/α-hetero) is 1. The van der Waals surface area contributed by atoms with Crippen LogP contribution in [0.5, 0.6) is 0 Å². The monoisotopic (exact) mass is 425 g/mol. The maximum absolute atomic E-state index is 13.0. The van der Waals surface area contributed by atoms with E-state index in [9.17, 15) is 9.90 Å². The second kappa shape index (κ2) is 11.0. The van der Waals surface area contributed by atoms with Gasteiger partial charge in [-0.2, -0.15) is 0 Å². The second-order valence-electron chi connectivity index (χ2n) is 9.77. The van der Waals surface area contributed by atoms with E-state index >= 15 is 0 Å². The molecule has 1 fully saturated rings. The molecule has 1 aliphatic carbocycles. The number of rotatable bonds is 13. The minimum atomic E-state index is 0.0253. The van der Waals surface area contributed by atoms with Gasteiger partial charge < -0.3 is 9.67 Å². The van der Waals surface area contributed by atoms with Crippen molar-refractivity contribution in [2.75, 3.05) is 6.61 Å². The molecule has 31 heavy (non-hydrogen) atoms.